The summed E-state index contributed by atoms with van der Waals surface area (Å²) in [6.45, 7) is 3.89. The topological polar surface area (TPSA) is 55.8 Å². The lowest BCUT2D eigenvalue weighted by atomic mass is 10.2. The molecule has 0 spiro atoms. The number of aliphatic imine (C=N–C) groups is 1. The van der Waals surface area contributed by atoms with Crippen LogP contribution >= 0.6 is 11.8 Å². The van der Waals surface area contributed by atoms with Crippen LogP contribution in [0.1, 0.15) is 12.8 Å². The summed E-state index contributed by atoms with van der Waals surface area (Å²) < 4.78 is 1.78. The summed E-state index contributed by atoms with van der Waals surface area (Å²) in [6, 6.07) is 2.48. The number of amidine groups is 1. The van der Waals surface area contributed by atoms with Gasteiger partial charge in [-0.3, -0.25) is 14.7 Å². The molecule has 3 heterocycles. The van der Waals surface area contributed by atoms with E-state index in [4.69, 9.17) is 16.8 Å². The summed E-state index contributed by atoms with van der Waals surface area (Å²) in [5.74, 6) is 1.01. The molecule has 21 heavy (non-hydrogen) atoms. The summed E-state index contributed by atoms with van der Waals surface area (Å²) in [7, 11) is 0. The van der Waals surface area contributed by atoms with E-state index < -0.39 is 0 Å². The minimum Gasteiger partial charge on any atom is -0.355 e. The van der Waals surface area contributed by atoms with Crippen molar-refractivity contribution in [3.63, 3.8) is 0 Å². The van der Waals surface area contributed by atoms with Gasteiger partial charge in [0.15, 0.2) is 6.17 Å². The monoisotopic (exact) mass is 306 g/mol. The van der Waals surface area contributed by atoms with Gasteiger partial charge in [0, 0.05) is 50.2 Å². The number of piperazine rings is 1. The van der Waals surface area contributed by atoms with Crippen LogP contribution in [0.3, 0.4) is 0 Å². The molecule has 0 bridgehead atoms. The van der Waals surface area contributed by atoms with Crippen LogP contribution in [0.2, 0.25) is 0 Å². The summed E-state index contributed by atoms with van der Waals surface area (Å²) >= 11 is 6.62. The third kappa shape index (κ3) is 2.59. The lowest BCUT2D eigenvalue weighted by molar-refractivity contribution is 0.342. The van der Waals surface area contributed by atoms with Crippen molar-refractivity contribution in [1.82, 2.24) is 20.5 Å². The Labute approximate surface area is 129 Å². The average molecular weight is 307 g/mol. The summed E-state index contributed by atoms with van der Waals surface area (Å²) in [4.78, 5) is 11.3. The molecular weight excluding hydrogens is 288 g/mol. The van der Waals surface area contributed by atoms with Crippen LogP contribution in [-0.4, -0.2) is 54.1 Å². The van der Waals surface area contributed by atoms with Gasteiger partial charge in [-0.15, -0.1) is 0 Å². The van der Waals surface area contributed by atoms with Crippen LogP contribution in [0.4, 0.5) is 11.4 Å². The van der Waals surface area contributed by atoms with Gasteiger partial charge in [-0.2, -0.15) is 0 Å². The van der Waals surface area contributed by atoms with E-state index in [-0.39, 0.29) is 6.17 Å². The molecule has 3 aliphatic rings. The van der Waals surface area contributed by atoms with E-state index in [1.54, 1.807) is 16.8 Å². The first-order chi connectivity index (χ1) is 10.3. The number of anilines is 1. The molecule has 0 amide bonds. The Bertz CT molecular complexity index is 552. The Morgan fingerprint density at radius 3 is 2.86 bits per heavy atom. The molecule has 1 saturated heterocycles. The SMILES string of the molecule is ClN1c2ccncc2N=C(N2CCNCC2)C1NC1CC1. The number of pyridine rings is 1. The number of nitrogens with zero attached hydrogens (tertiary/aromatic N) is 4. The highest BCUT2D eigenvalue weighted by atomic mass is 35.5. The van der Waals surface area contributed by atoms with Crippen LogP contribution in [0.25, 0.3) is 0 Å². The van der Waals surface area contributed by atoms with Crippen molar-refractivity contribution in [2.45, 2.75) is 25.0 Å². The minimum atomic E-state index is -0.0628. The Morgan fingerprint density at radius 1 is 1.29 bits per heavy atom. The maximum Gasteiger partial charge on any atom is 0.154 e. The molecule has 112 valence electrons. The second kappa shape index (κ2) is 5.44. The van der Waals surface area contributed by atoms with Crippen molar-refractivity contribution in [3.05, 3.63) is 18.5 Å². The number of hydrogen-bond donors (Lipinski definition) is 2. The molecule has 0 radical (unpaired) electrons. The molecule has 0 aromatic carbocycles. The summed E-state index contributed by atoms with van der Waals surface area (Å²) in [6.07, 6.45) is 5.92. The highest BCUT2D eigenvalue weighted by molar-refractivity contribution is 6.29. The van der Waals surface area contributed by atoms with Crippen molar-refractivity contribution >= 4 is 29.0 Å². The van der Waals surface area contributed by atoms with Crippen LogP contribution < -0.4 is 15.1 Å². The molecule has 2 aliphatic heterocycles. The van der Waals surface area contributed by atoms with E-state index in [9.17, 15) is 0 Å². The molecule has 1 aliphatic carbocycles. The fourth-order valence-corrected chi connectivity index (χ4v) is 3.11. The second-order valence-corrected chi connectivity index (χ2v) is 6.09. The van der Waals surface area contributed by atoms with Gasteiger partial charge in [0.1, 0.15) is 11.5 Å². The fraction of sp³-hybridized carbons (Fsp3) is 0.571. The zero-order valence-corrected chi connectivity index (χ0v) is 12.6. The van der Waals surface area contributed by atoms with Crippen LogP contribution in [0.15, 0.2) is 23.5 Å². The van der Waals surface area contributed by atoms with Crippen molar-refractivity contribution in [2.75, 3.05) is 30.6 Å². The van der Waals surface area contributed by atoms with E-state index in [1.165, 1.54) is 12.8 Å². The van der Waals surface area contributed by atoms with Gasteiger partial charge in [0.05, 0.1) is 11.9 Å². The van der Waals surface area contributed by atoms with Crippen molar-refractivity contribution in [1.29, 1.82) is 0 Å². The number of hydrogen-bond acceptors (Lipinski definition) is 6. The number of aromatic nitrogens is 1. The number of nitrogens with one attached hydrogen (secondary N) is 2. The molecule has 7 heteroatoms. The Balaban J connectivity index is 1.69. The van der Waals surface area contributed by atoms with Crippen molar-refractivity contribution in [2.24, 2.45) is 4.99 Å². The van der Waals surface area contributed by atoms with Gasteiger partial charge < -0.3 is 10.2 Å². The molecule has 1 aromatic heterocycles. The van der Waals surface area contributed by atoms with E-state index >= 15 is 0 Å². The predicted octanol–water partition coefficient (Wildman–Crippen LogP) is 1.07. The van der Waals surface area contributed by atoms with Crippen LogP contribution in [-0.2, 0) is 0 Å². The Kier molecular flexibility index (Phi) is 3.45. The van der Waals surface area contributed by atoms with Gasteiger partial charge in [0.25, 0.3) is 0 Å². The number of rotatable bonds is 2. The number of fused-ring (bicyclic) bond motifs is 1. The smallest absolute Gasteiger partial charge is 0.154 e. The predicted molar refractivity (Wildman–Crippen MR) is 84.1 cm³/mol. The first-order valence-corrected chi connectivity index (χ1v) is 7.86. The first-order valence-electron chi connectivity index (χ1n) is 7.52. The normalized spacial score (nSPS) is 25.6. The third-order valence-electron chi connectivity index (χ3n) is 4.13. The minimum absolute atomic E-state index is 0.0628. The number of halogens is 1. The lowest BCUT2D eigenvalue weighted by Gasteiger charge is -2.40. The van der Waals surface area contributed by atoms with E-state index in [1.807, 2.05) is 6.07 Å². The zero-order valence-electron chi connectivity index (χ0n) is 11.8. The highest BCUT2D eigenvalue weighted by Crippen LogP contribution is 2.36. The van der Waals surface area contributed by atoms with Crippen LogP contribution in [0, 0.1) is 0 Å². The van der Waals surface area contributed by atoms with Crippen LogP contribution in [0.5, 0.6) is 0 Å². The molecule has 1 aromatic rings. The molecule has 1 unspecified atom stereocenters. The molecule has 4 rings (SSSR count). The van der Waals surface area contributed by atoms with Gasteiger partial charge in [-0.25, -0.2) is 4.99 Å². The maximum absolute atomic E-state index is 6.62. The van der Waals surface area contributed by atoms with Crippen molar-refractivity contribution in [3.8, 4) is 0 Å². The largest absolute Gasteiger partial charge is 0.355 e. The second-order valence-electron chi connectivity index (χ2n) is 5.73. The third-order valence-corrected chi connectivity index (χ3v) is 4.50. The summed E-state index contributed by atoms with van der Waals surface area (Å²) in [5, 5.41) is 6.99. The molecule has 1 saturated carbocycles. The zero-order chi connectivity index (χ0) is 14.2. The Morgan fingerprint density at radius 2 is 2.10 bits per heavy atom. The quantitative estimate of drug-likeness (QED) is 0.801. The molecular formula is C14H19ClN6. The fourth-order valence-electron chi connectivity index (χ4n) is 2.82. The summed E-state index contributed by atoms with van der Waals surface area (Å²) in [5.41, 5.74) is 1.76. The molecule has 1 atom stereocenters. The average Bonchev–Trinajstić information content (AvgIpc) is 3.35. The molecule has 2 N–H and O–H groups in total. The standard InChI is InChI=1S/C14H19ClN6/c15-21-12-3-4-17-9-11(12)19-13(14(21)18-10-1-2-10)20-7-5-16-6-8-20/h3-4,9-10,14,16,18H,1-2,5-8H2. The molecule has 6 nitrogen and oxygen atoms in total. The van der Waals surface area contributed by atoms with Gasteiger partial charge >= 0.3 is 0 Å². The van der Waals surface area contributed by atoms with E-state index in [0.717, 1.165) is 43.4 Å². The molecule has 2 fully saturated rings. The van der Waals surface area contributed by atoms with Crippen molar-refractivity contribution < 1.29 is 0 Å². The van der Waals surface area contributed by atoms with Gasteiger partial charge in [-0.05, 0) is 18.9 Å². The lowest BCUT2D eigenvalue weighted by Crippen LogP contribution is -2.58. The van der Waals surface area contributed by atoms with Gasteiger partial charge in [-0.1, -0.05) is 0 Å². The Hall–Kier alpha value is -1.37. The maximum atomic E-state index is 6.62. The first kappa shape index (κ1) is 13.3. The van der Waals surface area contributed by atoms with E-state index in [2.05, 4.69) is 20.5 Å². The highest BCUT2D eigenvalue weighted by Gasteiger charge is 2.37. The van der Waals surface area contributed by atoms with E-state index in [0.29, 0.717) is 6.04 Å². The van der Waals surface area contributed by atoms with Gasteiger partial charge in [0.2, 0.25) is 0 Å².